The first-order chi connectivity index (χ1) is 9.09. The topological polar surface area (TPSA) is 101 Å². The van der Waals surface area contributed by atoms with Crippen LogP contribution >= 0.6 is 0 Å². The van der Waals surface area contributed by atoms with Crippen molar-refractivity contribution in [1.29, 1.82) is 0 Å². The van der Waals surface area contributed by atoms with Crippen molar-refractivity contribution in [3.63, 3.8) is 0 Å². The third kappa shape index (κ3) is 3.10. The highest BCUT2D eigenvalue weighted by atomic mass is 32.2. The minimum Gasteiger partial charge on any atom is -0.478 e. The van der Waals surface area contributed by atoms with E-state index in [4.69, 9.17) is 10.8 Å². The fourth-order valence-electron chi connectivity index (χ4n) is 1.71. The van der Waals surface area contributed by atoms with Crippen LogP contribution in [0.4, 0.5) is 5.69 Å². The van der Waals surface area contributed by atoms with E-state index >= 15 is 0 Å². The molecule has 0 amide bonds. The van der Waals surface area contributed by atoms with Crippen molar-refractivity contribution >= 4 is 21.7 Å². The Bertz CT molecular complexity index is 611. The molecule has 1 rings (SSSR count). The molecule has 7 heteroatoms. The van der Waals surface area contributed by atoms with Gasteiger partial charge in [-0.2, -0.15) is 4.31 Å². The molecule has 0 fully saturated rings. The van der Waals surface area contributed by atoms with E-state index in [9.17, 15) is 13.2 Å². The van der Waals surface area contributed by atoms with E-state index in [1.165, 1.54) is 23.5 Å². The molecule has 1 aromatic rings. The molecule has 0 saturated heterocycles. The molecule has 3 N–H and O–H groups in total. The van der Waals surface area contributed by atoms with E-state index in [2.05, 4.69) is 0 Å². The van der Waals surface area contributed by atoms with Gasteiger partial charge in [0.25, 0.3) is 0 Å². The van der Waals surface area contributed by atoms with Gasteiger partial charge in [0.2, 0.25) is 10.0 Å². The molecule has 0 spiro atoms. The van der Waals surface area contributed by atoms with Crippen molar-refractivity contribution < 1.29 is 18.3 Å². The first-order valence-corrected chi connectivity index (χ1v) is 7.64. The number of nitrogen functional groups attached to an aromatic ring is 1. The van der Waals surface area contributed by atoms with E-state index in [1.54, 1.807) is 0 Å². The Morgan fingerprint density at radius 3 is 2.25 bits per heavy atom. The summed E-state index contributed by atoms with van der Waals surface area (Å²) in [7, 11) is -2.25. The molecule has 0 bridgehead atoms. The van der Waals surface area contributed by atoms with Crippen molar-refractivity contribution in [2.75, 3.05) is 12.8 Å². The molecule has 0 radical (unpaired) electrons. The lowest BCUT2D eigenvalue weighted by Gasteiger charge is -2.27. The lowest BCUT2D eigenvalue weighted by Crippen LogP contribution is -2.38. The van der Waals surface area contributed by atoms with Crippen molar-refractivity contribution in [1.82, 2.24) is 4.31 Å². The number of carbonyl (C=O) groups is 1. The summed E-state index contributed by atoms with van der Waals surface area (Å²) in [6.07, 6.45) is 0. The molecule has 0 aliphatic carbocycles. The zero-order valence-electron chi connectivity index (χ0n) is 12.0. The van der Waals surface area contributed by atoms with Gasteiger partial charge in [-0.1, -0.05) is 13.8 Å². The van der Waals surface area contributed by atoms with Gasteiger partial charge < -0.3 is 10.8 Å². The summed E-state index contributed by atoms with van der Waals surface area (Å²) in [6, 6.07) is 3.43. The van der Waals surface area contributed by atoms with E-state index in [0.717, 1.165) is 6.07 Å². The number of anilines is 1. The second kappa shape index (κ2) is 5.80. The van der Waals surface area contributed by atoms with Crippen LogP contribution in [0.2, 0.25) is 0 Å². The van der Waals surface area contributed by atoms with Gasteiger partial charge in [-0.05, 0) is 31.0 Å². The highest BCUT2D eigenvalue weighted by Crippen LogP contribution is 2.25. The molecule has 1 atom stereocenters. The Morgan fingerprint density at radius 2 is 1.85 bits per heavy atom. The summed E-state index contributed by atoms with van der Waals surface area (Å²) in [5, 5.41) is 8.86. The summed E-state index contributed by atoms with van der Waals surface area (Å²) in [6.45, 7) is 5.66. The van der Waals surface area contributed by atoms with Crippen LogP contribution in [0, 0.1) is 5.92 Å². The molecule has 0 aliphatic rings. The number of nitrogens with two attached hydrogens (primary N) is 1. The third-order valence-electron chi connectivity index (χ3n) is 3.45. The normalized spacial score (nSPS) is 13.7. The summed E-state index contributed by atoms with van der Waals surface area (Å²) in [5.74, 6) is -1.00. The number of rotatable bonds is 5. The largest absolute Gasteiger partial charge is 0.478 e. The second-order valence-electron chi connectivity index (χ2n) is 5.06. The van der Waals surface area contributed by atoms with Crippen LogP contribution in [0.25, 0.3) is 0 Å². The minimum absolute atomic E-state index is 0.0407. The highest BCUT2D eigenvalue weighted by molar-refractivity contribution is 7.89. The number of hydrogen-bond acceptors (Lipinski definition) is 4. The number of nitrogens with zero attached hydrogens (tertiary/aromatic N) is 1. The molecule has 1 aromatic carbocycles. The highest BCUT2D eigenvalue weighted by Gasteiger charge is 2.28. The van der Waals surface area contributed by atoms with Crippen molar-refractivity contribution in [3.05, 3.63) is 23.8 Å². The Morgan fingerprint density at radius 1 is 1.30 bits per heavy atom. The molecular weight excluding hydrogens is 280 g/mol. The molecular formula is C13H20N2O4S. The average Bonchev–Trinajstić information content (AvgIpc) is 2.36. The van der Waals surface area contributed by atoms with E-state index in [-0.39, 0.29) is 28.1 Å². The van der Waals surface area contributed by atoms with Gasteiger partial charge in [0.15, 0.2) is 0 Å². The van der Waals surface area contributed by atoms with Gasteiger partial charge in [0.1, 0.15) is 4.90 Å². The van der Waals surface area contributed by atoms with Gasteiger partial charge in [-0.15, -0.1) is 0 Å². The molecule has 0 aromatic heterocycles. The molecule has 1 unspecified atom stereocenters. The maximum absolute atomic E-state index is 12.5. The Kier molecular flexibility index (Phi) is 4.77. The first-order valence-electron chi connectivity index (χ1n) is 6.20. The fourth-order valence-corrected chi connectivity index (χ4v) is 3.30. The molecule has 0 saturated carbocycles. The van der Waals surface area contributed by atoms with Crippen molar-refractivity contribution in [2.24, 2.45) is 5.92 Å². The van der Waals surface area contributed by atoms with Crippen LogP contribution < -0.4 is 5.73 Å². The van der Waals surface area contributed by atoms with E-state index < -0.39 is 16.0 Å². The van der Waals surface area contributed by atoms with Crippen LogP contribution in [0.3, 0.4) is 0 Å². The SMILES string of the molecule is CC(C)C(C)N(C)S(=O)(=O)c1ccc(C(=O)O)cc1N. The van der Waals surface area contributed by atoms with E-state index in [0.29, 0.717) is 0 Å². The standard InChI is InChI=1S/C13H20N2O4S/c1-8(2)9(3)15(4)20(18,19)12-6-5-10(13(16)17)7-11(12)14/h5-9H,14H2,1-4H3,(H,16,17). The zero-order chi connectivity index (χ0) is 15.7. The third-order valence-corrected chi connectivity index (χ3v) is 5.47. The van der Waals surface area contributed by atoms with Crippen LogP contribution in [0.15, 0.2) is 23.1 Å². The van der Waals surface area contributed by atoms with Crippen LogP contribution in [0.5, 0.6) is 0 Å². The maximum atomic E-state index is 12.5. The second-order valence-corrected chi connectivity index (χ2v) is 7.03. The predicted octanol–water partition coefficient (Wildman–Crippen LogP) is 1.63. The fraction of sp³-hybridized carbons (Fsp3) is 0.462. The molecule has 0 aliphatic heterocycles. The Hall–Kier alpha value is -1.60. The number of carboxylic acid groups (broad SMARTS) is 1. The van der Waals surface area contributed by atoms with Gasteiger partial charge in [0.05, 0.1) is 11.3 Å². The smallest absolute Gasteiger partial charge is 0.335 e. The van der Waals surface area contributed by atoms with Crippen LogP contribution in [-0.2, 0) is 10.0 Å². The van der Waals surface area contributed by atoms with Gasteiger partial charge in [-0.25, -0.2) is 13.2 Å². The molecule has 112 valence electrons. The zero-order valence-corrected chi connectivity index (χ0v) is 12.8. The maximum Gasteiger partial charge on any atom is 0.335 e. The average molecular weight is 300 g/mol. The minimum atomic E-state index is -3.74. The first kappa shape index (κ1) is 16.5. The summed E-state index contributed by atoms with van der Waals surface area (Å²) < 4.78 is 26.2. The number of hydrogen-bond donors (Lipinski definition) is 2. The summed E-state index contributed by atoms with van der Waals surface area (Å²) in [4.78, 5) is 10.8. The summed E-state index contributed by atoms with van der Waals surface area (Å²) >= 11 is 0. The van der Waals surface area contributed by atoms with E-state index in [1.807, 2.05) is 20.8 Å². The summed E-state index contributed by atoms with van der Waals surface area (Å²) in [5.41, 5.74) is 5.59. The van der Waals surface area contributed by atoms with Gasteiger partial charge in [0, 0.05) is 13.1 Å². The number of benzene rings is 1. The van der Waals surface area contributed by atoms with Gasteiger partial charge in [-0.3, -0.25) is 0 Å². The van der Waals surface area contributed by atoms with Gasteiger partial charge >= 0.3 is 5.97 Å². The lowest BCUT2D eigenvalue weighted by atomic mass is 10.1. The number of sulfonamides is 1. The monoisotopic (exact) mass is 300 g/mol. The van der Waals surface area contributed by atoms with Crippen molar-refractivity contribution in [2.45, 2.75) is 31.7 Å². The quantitative estimate of drug-likeness (QED) is 0.805. The Balaban J connectivity index is 3.26. The predicted molar refractivity (Wildman–Crippen MR) is 77.1 cm³/mol. The molecule has 0 heterocycles. The lowest BCUT2D eigenvalue weighted by molar-refractivity contribution is 0.0697. The van der Waals surface area contributed by atoms with Crippen molar-refractivity contribution in [3.8, 4) is 0 Å². The van der Waals surface area contributed by atoms with Crippen LogP contribution in [-0.4, -0.2) is 36.9 Å². The molecule has 6 nitrogen and oxygen atoms in total. The number of carboxylic acids is 1. The Labute approximate surface area is 119 Å². The molecule has 20 heavy (non-hydrogen) atoms. The van der Waals surface area contributed by atoms with Crippen LogP contribution in [0.1, 0.15) is 31.1 Å². The number of aromatic carboxylic acids is 1.